The lowest BCUT2D eigenvalue weighted by Gasteiger charge is -2.10. The average Bonchev–Trinajstić information content (AvgIpc) is 2.68. The highest BCUT2D eigenvalue weighted by Crippen LogP contribution is 2.20. The lowest BCUT2D eigenvalue weighted by atomic mass is 10.1. The Kier molecular flexibility index (Phi) is 5.78. The zero-order valence-corrected chi connectivity index (χ0v) is 14.2. The van der Waals surface area contributed by atoms with Gasteiger partial charge in [-0.2, -0.15) is 0 Å². The third kappa shape index (κ3) is 4.57. The van der Waals surface area contributed by atoms with E-state index in [4.69, 9.17) is 0 Å². The molecule has 26 heavy (non-hydrogen) atoms. The highest BCUT2D eigenvalue weighted by atomic mass is 16.3. The molecule has 4 heteroatoms. The number of phenolic OH excluding ortho intramolecular Hbond substituents is 2. The van der Waals surface area contributed by atoms with Crippen LogP contribution < -0.4 is 0 Å². The van der Waals surface area contributed by atoms with Crippen molar-refractivity contribution in [1.82, 2.24) is 0 Å². The summed E-state index contributed by atoms with van der Waals surface area (Å²) in [5.41, 5.74) is 2.37. The lowest BCUT2D eigenvalue weighted by Crippen LogP contribution is -2.01. The summed E-state index contributed by atoms with van der Waals surface area (Å²) >= 11 is 0. The Bertz CT molecular complexity index is 905. The van der Waals surface area contributed by atoms with E-state index < -0.39 is 0 Å². The first-order valence-corrected chi connectivity index (χ1v) is 8.38. The maximum Gasteiger partial charge on any atom is 0.124 e. The molecule has 3 aromatic rings. The molecule has 0 fully saturated rings. The predicted octanol–water partition coefficient (Wildman–Crippen LogP) is 4.38. The minimum atomic E-state index is -0.182. The van der Waals surface area contributed by atoms with Gasteiger partial charge in [0.05, 0.1) is 12.6 Å². The number of hydrogen-bond acceptors (Lipinski definition) is 4. The molecular formula is C22H20N2O2. The Morgan fingerprint density at radius 2 is 1.23 bits per heavy atom. The van der Waals surface area contributed by atoms with Crippen molar-refractivity contribution < 1.29 is 10.2 Å². The van der Waals surface area contributed by atoms with E-state index in [0.29, 0.717) is 17.7 Å². The fourth-order valence-electron chi connectivity index (χ4n) is 2.53. The highest BCUT2D eigenvalue weighted by molar-refractivity contribution is 5.84. The minimum absolute atomic E-state index is 0.182. The van der Waals surface area contributed by atoms with Crippen molar-refractivity contribution in [1.29, 1.82) is 0 Å². The van der Waals surface area contributed by atoms with Crippen molar-refractivity contribution in [3.05, 3.63) is 95.6 Å². The van der Waals surface area contributed by atoms with E-state index in [9.17, 15) is 10.2 Å². The van der Waals surface area contributed by atoms with Crippen LogP contribution in [0.5, 0.6) is 11.5 Å². The SMILES string of the molecule is Oc1ccccc1C=NC[C@H](N=Cc1ccccc1O)c1ccccc1. The van der Waals surface area contributed by atoms with Crippen molar-refractivity contribution in [3.8, 4) is 11.5 Å². The Balaban J connectivity index is 1.80. The second-order valence-corrected chi connectivity index (χ2v) is 5.82. The molecule has 0 amide bonds. The Hall–Kier alpha value is -3.40. The number of aliphatic imine (C=N–C) groups is 2. The van der Waals surface area contributed by atoms with Crippen LogP contribution in [0.25, 0.3) is 0 Å². The summed E-state index contributed by atoms with van der Waals surface area (Å²) < 4.78 is 0. The maximum atomic E-state index is 9.90. The van der Waals surface area contributed by atoms with Crippen LogP contribution in [-0.2, 0) is 0 Å². The molecule has 0 unspecified atom stereocenters. The third-order valence-electron chi connectivity index (χ3n) is 3.96. The van der Waals surface area contributed by atoms with Gasteiger partial charge in [0.2, 0.25) is 0 Å². The number of rotatable bonds is 6. The van der Waals surface area contributed by atoms with E-state index in [1.807, 2.05) is 54.6 Å². The molecule has 2 N–H and O–H groups in total. The molecule has 0 bridgehead atoms. The summed E-state index contributed by atoms with van der Waals surface area (Å²) in [4.78, 5) is 9.07. The molecule has 0 aliphatic heterocycles. The predicted molar refractivity (Wildman–Crippen MR) is 105 cm³/mol. The number of hydrogen-bond donors (Lipinski definition) is 2. The first-order chi connectivity index (χ1) is 12.7. The van der Waals surface area contributed by atoms with E-state index >= 15 is 0 Å². The lowest BCUT2D eigenvalue weighted by molar-refractivity contribution is 0.474. The van der Waals surface area contributed by atoms with Crippen LogP contribution in [0.15, 0.2) is 88.8 Å². The standard InChI is InChI=1S/C22H20N2O2/c25-21-12-6-4-10-18(21)14-23-16-20(17-8-2-1-3-9-17)24-15-19-11-5-7-13-22(19)26/h1-15,20,25-26H,16H2/t20-/m0/s1. The van der Waals surface area contributed by atoms with Gasteiger partial charge in [-0.05, 0) is 29.8 Å². The molecule has 0 saturated carbocycles. The molecule has 0 radical (unpaired) electrons. The molecule has 0 spiro atoms. The van der Waals surface area contributed by atoms with E-state index in [1.165, 1.54) is 0 Å². The topological polar surface area (TPSA) is 65.2 Å². The average molecular weight is 344 g/mol. The van der Waals surface area contributed by atoms with Crippen molar-refractivity contribution in [2.24, 2.45) is 9.98 Å². The number of benzene rings is 3. The summed E-state index contributed by atoms with van der Waals surface area (Å²) in [6, 6.07) is 23.8. The van der Waals surface area contributed by atoms with Crippen LogP contribution in [0.1, 0.15) is 22.7 Å². The number of phenols is 2. The van der Waals surface area contributed by atoms with Crippen LogP contribution in [0.3, 0.4) is 0 Å². The van der Waals surface area contributed by atoms with E-state index in [2.05, 4.69) is 9.98 Å². The van der Waals surface area contributed by atoms with E-state index in [1.54, 1.807) is 36.7 Å². The molecule has 0 saturated heterocycles. The molecule has 1 atom stereocenters. The first-order valence-electron chi connectivity index (χ1n) is 8.38. The molecule has 0 aromatic heterocycles. The summed E-state index contributed by atoms with van der Waals surface area (Å²) in [7, 11) is 0. The van der Waals surface area contributed by atoms with Crippen LogP contribution in [0, 0.1) is 0 Å². The van der Waals surface area contributed by atoms with Gasteiger partial charge in [-0.1, -0.05) is 54.6 Å². The maximum absolute atomic E-state index is 9.90. The van der Waals surface area contributed by atoms with E-state index in [-0.39, 0.29) is 17.5 Å². The van der Waals surface area contributed by atoms with Crippen molar-refractivity contribution >= 4 is 12.4 Å². The summed E-state index contributed by atoms with van der Waals surface area (Å²) in [6.45, 7) is 0.433. The number of aromatic hydroxyl groups is 2. The van der Waals surface area contributed by atoms with Crippen molar-refractivity contribution in [2.45, 2.75) is 6.04 Å². The molecule has 0 heterocycles. The monoisotopic (exact) mass is 344 g/mol. The number of para-hydroxylation sites is 2. The normalized spacial score (nSPS) is 12.6. The quantitative estimate of drug-likeness (QED) is 0.652. The second kappa shape index (κ2) is 8.62. The molecule has 0 aliphatic rings. The molecule has 3 aromatic carbocycles. The first kappa shape index (κ1) is 17.4. The summed E-state index contributed by atoms with van der Waals surface area (Å²) in [6.07, 6.45) is 3.32. The van der Waals surface area contributed by atoms with Gasteiger partial charge in [0, 0.05) is 23.6 Å². The summed E-state index contributed by atoms with van der Waals surface area (Å²) in [5.74, 6) is 0.394. The van der Waals surface area contributed by atoms with Gasteiger partial charge in [0.25, 0.3) is 0 Å². The van der Waals surface area contributed by atoms with Crippen LogP contribution in [-0.4, -0.2) is 29.2 Å². The van der Waals surface area contributed by atoms with Gasteiger partial charge < -0.3 is 10.2 Å². The van der Waals surface area contributed by atoms with Gasteiger partial charge in [-0.3, -0.25) is 9.98 Å². The van der Waals surface area contributed by atoms with Crippen LogP contribution in [0.2, 0.25) is 0 Å². The number of nitrogens with zero attached hydrogens (tertiary/aromatic N) is 2. The third-order valence-corrected chi connectivity index (χ3v) is 3.96. The zero-order chi connectivity index (χ0) is 18.2. The van der Waals surface area contributed by atoms with Gasteiger partial charge >= 0.3 is 0 Å². The molecular weight excluding hydrogens is 324 g/mol. The van der Waals surface area contributed by atoms with Gasteiger partial charge in [-0.25, -0.2) is 0 Å². The van der Waals surface area contributed by atoms with Gasteiger partial charge in [0.15, 0.2) is 0 Å². The smallest absolute Gasteiger partial charge is 0.124 e. The fourth-order valence-corrected chi connectivity index (χ4v) is 2.53. The van der Waals surface area contributed by atoms with E-state index in [0.717, 1.165) is 5.56 Å². The second-order valence-electron chi connectivity index (χ2n) is 5.82. The van der Waals surface area contributed by atoms with Crippen LogP contribution in [0.4, 0.5) is 0 Å². The summed E-state index contributed by atoms with van der Waals surface area (Å²) in [5, 5.41) is 19.7. The molecule has 130 valence electrons. The molecule has 4 nitrogen and oxygen atoms in total. The zero-order valence-electron chi connectivity index (χ0n) is 14.2. The van der Waals surface area contributed by atoms with Crippen LogP contribution >= 0.6 is 0 Å². The minimum Gasteiger partial charge on any atom is -0.507 e. The van der Waals surface area contributed by atoms with Crippen molar-refractivity contribution in [2.75, 3.05) is 6.54 Å². The molecule has 0 aliphatic carbocycles. The van der Waals surface area contributed by atoms with Gasteiger partial charge in [-0.15, -0.1) is 0 Å². The Labute approximate surface area is 152 Å². The van der Waals surface area contributed by atoms with Gasteiger partial charge in [0.1, 0.15) is 11.5 Å². The largest absolute Gasteiger partial charge is 0.507 e. The fraction of sp³-hybridized carbons (Fsp3) is 0.0909. The Morgan fingerprint density at radius 3 is 1.85 bits per heavy atom. The highest BCUT2D eigenvalue weighted by Gasteiger charge is 2.08. The Morgan fingerprint density at radius 1 is 0.692 bits per heavy atom. The molecule has 3 rings (SSSR count). The van der Waals surface area contributed by atoms with Crippen molar-refractivity contribution in [3.63, 3.8) is 0 Å².